The minimum atomic E-state index is -0.565. The minimum absolute atomic E-state index is 0.0770. The highest BCUT2D eigenvalue weighted by Gasteiger charge is 2.32. The van der Waals surface area contributed by atoms with E-state index in [1.807, 2.05) is 12.1 Å². The number of esters is 1. The maximum Gasteiger partial charge on any atom is 0.372 e. The number of fused-ring (bicyclic) bond motifs is 1. The maximum absolute atomic E-state index is 13.0. The van der Waals surface area contributed by atoms with E-state index in [4.69, 9.17) is 4.74 Å². The van der Waals surface area contributed by atoms with Gasteiger partial charge in [0.1, 0.15) is 11.9 Å². The highest BCUT2D eigenvalue weighted by molar-refractivity contribution is 6.71. The van der Waals surface area contributed by atoms with Crippen LogP contribution in [0.1, 0.15) is 42.6 Å². The fourth-order valence-corrected chi connectivity index (χ4v) is 4.41. The molecule has 2 aromatic carbocycles. The Morgan fingerprint density at radius 1 is 1.26 bits per heavy atom. The number of carbonyl (C=O) groups is 2. The van der Waals surface area contributed by atoms with Crippen LogP contribution < -0.4 is 10.4 Å². The Morgan fingerprint density at radius 3 is 2.91 bits per heavy atom. The molecule has 1 unspecified atom stereocenters. The van der Waals surface area contributed by atoms with Crippen molar-refractivity contribution in [3.8, 4) is 5.75 Å². The van der Waals surface area contributed by atoms with E-state index in [9.17, 15) is 14.7 Å². The number of methoxy groups -OCH3 is 1. The number of rotatable bonds is 5. The van der Waals surface area contributed by atoms with Crippen molar-refractivity contribution in [3.63, 3.8) is 0 Å². The molecule has 0 bridgehead atoms. The molecule has 174 valence electrons. The summed E-state index contributed by atoms with van der Waals surface area (Å²) < 4.78 is 10.3. The number of aromatic hydroxyl groups is 1. The molecule has 2 aromatic rings. The summed E-state index contributed by atoms with van der Waals surface area (Å²) in [6, 6.07) is 11.0. The van der Waals surface area contributed by atoms with Crippen molar-refractivity contribution in [2.24, 2.45) is 10.2 Å². The lowest BCUT2D eigenvalue weighted by atomic mass is 10.1. The number of aryl methyl sites for hydroxylation is 2. The number of nitrogens with one attached hydrogen (secondary N) is 1. The summed E-state index contributed by atoms with van der Waals surface area (Å²) in [6.45, 7) is 1.72. The number of nitrogens with zero attached hydrogens (tertiary/aromatic N) is 3. The monoisotopic (exact) mass is 460 g/mol. The average molecular weight is 460 g/mol. The highest BCUT2D eigenvalue weighted by Crippen LogP contribution is 2.39. The fourth-order valence-electron chi connectivity index (χ4n) is 4.41. The van der Waals surface area contributed by atoms with Gasteiger partial charge in [0.25, 0.3) is 0 Å². The number of phenols is 1. The molecule has 34 heavy (non-hydrogen) atoms. The molecule has 9 heteroatoms. The van der Waals surface area contributed by atoms with Crippen LogP contribution in [0.5, 0.6) is 5.75 Å². The molecule has 9 nitrogen and oxygen atoms in total. The van der Waals surface area contributed by atoms with Gasteiger partial charge in [0.2, 0.25) is 5.76 Å². The first-order valence-corrected chi connectivity index (χ1v) is 11.1. The average Bonchev–Trinajstić information content (AvgIpc) is 3.57. The number of para-hydroxylation sites is 1. The van der Waals surface area contributed by atoms with E-state index >= 15 is 0 Å². The smallest absolute Gasteiger partial charge is 0.372 e. The van der Waals surface area contributed by atoms with E-state index < -0.39 is 12.1 Å². The van der Waals surface area contributed by atoms with Crippen LogP contribution >= 0.6 is 0 Å². The normalized spacial score (nSPS) is 20.2. The second kappa shape index (κ2) is 8.66. The lowest BCUT2D eigenvalue weighted by Crippen LogP contribution is -2.28. The van der Waals surface area contributed by atoms with Gasteiger partial charge in [-0.3, -0.25) is 10.2 Å². The largest absolute Gasteiger partial charge is 0.505 e. The summed E-state index contributed by atoms with van der Waals surface area (Å²) in [5.74, 6) is -0.873. The zero-order valence-electron chi connectivity index (χ0n) is 18.9. The Balaban J connectivity index is 1.33. The molecule has 1 aliphatic carbocycles. The number of phenolic OH excluding ortho intramolecular Hbond substituents is 1. The second-order valence-corrected chi connectivity index (χ2v) is 8.33. The van der Waals surface area contributed by atoms with Crippen LogP contribution in [0, 0.1) is 0 Å². The van der Waals surface area contributed by atoms with Crippen LogP contribution in [0.4, 0.5) is 11.4 Å². The van der Waals surface area contributed by atoms with E-state index in [-0.39, 0.29) is 23.1 Å². The molecule has 2 N–H and O–H groups in total. The number of anilines is 2. The van der Waals surface area contributed by atoms with Gasteiger partial charge in [0, 0.05) is 12.0 Å². The number of hydrogen-bond acceptors (Lipinski definition) is 8. The highest BCUT2D eigenvalue weighted by atomic mass is 16.6. The van der Waals surface area contributed by atoms with Crippen molar-refractivity contribution in [1.82, 2.24) is 0 Å². The predicted octanol–water partition coefficient (Wildman–Crippen LogP) is 3.59. The molecule has 2 aliphatic heterocycles. The predicted molar refractivity (Wildman–Crippen MR) is 127 cm³/mol. The molecule has 3 aliphatic rings. The number of carbonyl (C=O) groups excluding carboxylic acids is 2. The lowest BCUT2D eigenvalue weighted by molar-refractivity contribution is -0.140. The first-order chi connectivity index (χ1) is 16.5. The molecule has 1 atom stereocenters. The molecule has 0 spiro atoms. The molecule has 0 radical (unpaired) electrons. The quantitative estimate of drug-likeness (QED) is 0.401. The van der Waals surface area contributed by atoms with Crippen molar-refractivity contribution >= 4 is 34.7 Å². The Morgan fingerprint density at radius 2 is 2.09 bits per heavy atom. The van der Waals surface area contributed by atoms with Crippen molar-refractivity contribution in [2.45, 2.75) is 38.7 Å². The van der Waals surface area contributed by atoms with E-state index in [1.165, 1.54) is 23.2 Å². The van der Waals surface area contributed by atoms with Crippen LogP contribution in [0.15, 0.2) is 58.4 Å². The Kier molecular flexibility index (Phi) is 5.53. The van der Waals surface area contributed by atoms with Crippen molar-refractivity contribution < 1.29 is 24.2 Å². The van der Waals surface area contributed by atoms with E-state index in [0.29, 0.717) is 29.1 Å². The van der Waals surface area contributed by atoms with E-state index in [1.54, 1.807) is 31.2 Å². The molecule has 0 fully saturated rings. The number of ether oxygens (including phenoxy) is 2. The SMILES string of the molecule is COC(=O)C1=CCC(c2cccc(N/N=C3\C(=O)N(c4ccc5c(c4)CCC5)N=C3C)c2O)O1. The van der Waals surface area contributed by atoms with Crippen molar-refractivity contribution in [3.05, 3.63) is 64.9 Å². The number of hydrogen-bond donors (Lipinski definition) is 2. The maximum atomic E-state index is 13.0. The summed E-state index contributed by atoms with van der Waals surface area (Å²) >= 11 is 0. The molecule has 2 heterocycles. The molecule has 0 saturated heterocycles. The third kappa shape index (κ3) is 3.79. The summed E-state index contributed by atoms with van der Waals surface area (Å²) in [5, 5.41) is 20.8. The minimum Gasteiger partial charge on any atom is -0.505 e. The van der Waals surface area contributed by atoms with Gasteiger partial charge in [0.15, 0.2) is 5.71 Å². The van der Waals surface area contributed by atoms with Crippen LogP contribution in [0.2, 0.25) is 0 Å². The van der Waals surface area contributed by atoms with Crippen LogP contribution in [-0.4, -0.2) is 35.5 Å². The third-order valence-corrected chi connectivity index (χ3v) is 6.19. The molecule has 0 aromatic heterocycles. The van der Waals surface area contributed by atoms with Gasteiger partial charge >= 0.3 is 11.9 Å². The van der Waals surface area contributed by atoms with Gasteiger partial charge in [0.05, 0.1) is 24.2 Å². The van der Waals surface area contributed by atoms with Gasteiger partial charge in [-0.15, -0.1) is 0 Å². The standard InChI is InChI=1S/C25H24N4O5/c1-14-22(24(31)29(28-14)17-10-9-15-5-3-6-16(15)13-17)27-26-19-8-4-7-18(23(19)30)20-11-12-21(34-20)25(32)33-2/h4,7-10,12-13,20,26,30H,3,5-6,11H2,1-2H3/b27-22-. The second-order valence-electron chi connectivity index (χ2n) is 8.33. The fraction of sp³-hybridized carbons (Fsp3) is 0.280. The van der Waals surface area contributed by atoms with Crippen LogP contribution in [0.25, 0.3) is 0 Å². The van der Waals surface area contributed by atoms with E-state index in [2.05, 4.69) is 26.4 Å². The first kappa shape index (κ1) is 21.7. The van der Waals surface area contributed by atoms with Crippen molar-refractivity contribution in [1.29, 1.82) is 0 Å². The topological polar surface area (TPSA) is 113 Å². The summed E-state index contributed by atoms with van der Waals surface area (Å²) in [6.07, 6.45) is 4.71. The zero-order chi connectivity index (χ0) is 23.8. The molecular weight excluding hydrogens is 436 g/mol. The third-order valence-electron chi connectivity index (χ3n) is 6.19. The van der Waals surface area contributed by atoms with Crippen molar-refractivity contribution in [2.75, 3.05) is 17.5 Å². The van der Waals surface area contributed by atoms with Gasteiger partial charge in [-0.25, -0.2) is 4.79 Å². The summed E-state index contributed by atoms with van der Waals surface area (Å²) in [7, 11) is 1.28. The van der Waals surface area contributed by atoms with Gasteiger partial charge < -0.3 is 14.6 Å². The molecule has 5 rings (SSSR count). The van der Waals surface area contributed by atoms with Gasteiger partial charge in [-0.05, 0) is 61.6 Å². The molecule has 0 saturated carbocycles. The lowest BCUT2D eigenvalue weighted by Gasteiger charge is -2.16. The molecule has 1 amide bonds. The Bertz CT molecular complexity index is 1280. The Labute approximate surface area is 196 Å². The van der Waals surface area contributed by atoms with Gasteiger partial charge in [-0.1, -0.05) is 18.2 Å². The van der Waals surface area contributed by atoms with Crippen LogP contribution in [0.3, 0.4) is 0 Å². The van der Waals surface area contributed by atoms with Crippen LogP contribution in [-0.2, 0) is 31.9 Å². The summed E-state index contributed by atoms with van der Waals surface area (Å²) in [5.41, 5.74) is 7.50. The number of hydrazone groups is 2. The number of amides is 1. The summed E-state index contributed by atoms with van der Waals surface area (Å²) in [4.78, 5) is 24.7. The molecular formula is C25H24N4O5. The first-order valence-electron chi connectivity index (χ1n) is 11.1. The number of benzene rings is 2. The van der Waals surface area contributed by atoms with Gasteiger partial charge in [-0.2, -0.15) is 15.2 Å². The van der Waals surface area contributed by atoms with E-state index in [0.717, 1.165) is 19.3 Å². The Hall–Kier alpha value is -4.14. The zero-order valence-corrected chi connectivity index (χ0v) is 18.9.